The molecule has 100 valence electrons. The standard InChI is InChI=1S/C15H15BrFNO/c1-18(9-11-3-2-4-13(16)7-11)15-6-5-14(17)8-12(15)10-19/h2-8,19H,9-10H2,1H3. The number of benzene rings is 2. The van der Waals surface area contributed by atoms with Gasteiger partial charge in [0.2, 0.25) is 0 Å². The lowest BCUT2D eigenvalue weighted by atomic mass is 10.1. The first-order valence-corrected chi connectivity index (χ1v) is 6.74. The molecule has 0 saturated heterocycles. The highest BCUT2D eigenvalue weighted by molar-refractivity contribution is 9.10. The Morgan fingerprint density at radius 3 is 2.68 bits per heavy atom. The van der Waals surface area contributed by atoms with E-state index >= 15 is 0 Å². The molecule has 1 N–H and O–H groups in total. The van der Waals surface area contributed by atoms with E-state index in [0.717, 1.165) is 15.7 Å². The normalized spacial score (nSPS) is 10.5. The van der Waals surface area contributed by atoms with Crippen molar-refractivity contribution in [3.05, 3.63) is 63.9 Å². The maximum atomic E-state index is 13.1. The Bertz CT molecular complexity index is 574. The van der Waals surface area contributed by atoms with E-state index in [9.17, 15) is 9.50 Å². The van der Waals surface area contributed by atoms with Gasteiger partial charge in [0.1, 0.15) is 5.82 Å². The molecule has 4 heteroatoms. The molecule has 0 bridgehead atoms. The van der Waals surface area contributed by atoms with Gasteiger partial charge in [-0.15, -0.1) is 0 Å². The van der Waals surface area contributed by atoms with E-state index < -0.39 is 0 Å². The number of halogens is 2. The zero-order valence-electron chi connectivity index (χ0n) is 10.6. The second-order valence-corrected chi connectivity index (χ2v) is 5.33. The minimum absolute atomic E-state index is 0.171. The van der Waals surface area contributed by atoms with Gasteiger partial charge in [0.25, 0.3) is 0 Å². The first-order valence-electron chi connectivity index (χ1n) is 5.95. The number of hydrogen-bond donors (Lipinski definition) is 1. The van der Waals surface area contributed by atoms with Gasteiger partial charge in [-0.2, -0.15) is 0 Å². The van der Waals surface area contributed by atoms with Crippen molar-refractivity contribution in [2.75, 3.05) is 11.9 Å². The van der Waals surface area contributed by atoms with Gasteiger partial charge in [-0.25, -0.2) is 4.39 Å². The van der Waals surface area contributed by atoms with E-state index in [1.165, 1.54) is 12.1 Å². The van der Waals surface area contributed by atoms with Crippen LogP contribution in [0.4, 0.5) is 10.1 Å². The molecule has 0 aliphatic carbocycles. The van der Waals surface area contributed by atoms with Crippen LogP contribution in [0.15, 0.2) is 46.9 Å². The van der Waals surface area contributed by atoms with Crippen LogP contribution in [0, 0.1) is 5.82 Å². The molecule has 0 spiro atoms. The highest BCUT2D eigenvalue weighted by Crippen LogP contribution is 2.23. The fourth-order valence-electron chi connectivity index (χ4n) is 2.05. The van der Waals surface area contributed by atoms with Gasteiger partial charge in [0, 0.05) is 29.3 Å². The van der Waals surface area contributed by atoms with Crippen LogP contribution < -0.4 is 4.90 Å². The van der Waals surface area contributed by atoms with Gasteiger partial charge in [-0.1, -0.05) is 28.1 Å². The number of aliphatic hydroxyl groups excluding tert-OH is 1. The van der Waals surface area contributed by atoms with Crippen LogP contribution in [0.1, 0.15) is 11.1 Å². The molecule has 0 aliphatic heterocycles. The lowest BCUT2D eigenvalue weighted by Gasteiger charge is -2.22. The molecule has 0 unspecified atom stereocenters. The van der Waals surface area contributed by atoms with Gasteiger partial charge < -0.3 is 10.0 Å². The maximum absolute atomic E-state index is 13.1. The molecule has 2 nitrogen and oxygen atoms in total. The Hall–Kier alpha value is -1.39. The third kappa shape index (κ3) is 3.55. The molecule has 0 aromatic heterocycles. The van der Waals surface area contributed by atoms with Crippen molar-refractivity contribution in [1.29, 1.82) is 0 Å². The third-order valence-corrected chi connectivity index (χ3v) is 3.43. The summed E-state index contributed by atoms with van der Waals surface area (Å²) in [6.07, 6.45) is 0. The smallest absolute Gasteiger partial charge is 0.123 e. The lowest BCUT2D eigenvalue weighted by Crippen LogP contribution is -2.18. The van der Waals surface area contributed by atoms with Crippen molar-refractivity contribution in [2.45, 2.75) is 13.2 Å². The predicted octanol–water partition coefficient (Wildman–Crippen LogP) is 3.72. The minimum Gasteiger partial charge on any atom is -0.392 e. The van der Waals surface area contributed by atoms with Gasteiger partial charge in [-0.3, -0.25) is 0 Å². The molecule has 2 aromatic rings. The summed E-state index contributed by atoms with van der Waals surface area (Å²) in [4.78, 5) is 1.99. The summed E-state index contributed by atoms with van der Waals surface area (Å²) in [7, 11) is 1.92. The van der Waals surface area contributed by atoms with Crippen LogP contribution >= 0.6 is 15.9 Å². The van der Waals surface area contributed by atoms with Crippen LogP contribution in [0.25, 0.3) is 0 Å². The van der Waals surface area contributed by atoms with Gasteiger partial charge in [-0.05, 0) is 35.9 Å². The minimum atomic E-state index is -0.330. The molecule has 0 heterocycles. The van der Waals surface area contributed by atoms with E-state index in [2.05, 4.69) is 15.9 Å². The molecule has 0 atom stereocenters. The fraction of sp³-hybridized carbons (Fsp3) is 0.200. The Labute approximate surface area is 120 Å². The fourth-order valence-corrected chi connectivity index (χ4v) is 2.49. The number of nitrogens with zero attached hydrogens (tertiary/aromatic N) is 1. The summed E-state index contributed by atoms with van der Waals surface area (Å²) >= 11 is 3.44. The quantitative estimate of drug-likeness (QED) is 0.927. The van der Waals surface area contributed by atoms with E-state index in [4.69, 9.17) is 0 Å². The summed E-state index contributed by atoms with van der Waals surface area (Å²) in [6, 6.07) is 12.5. The van der Waals surface area contributed by atoms with Crippen LogP contribution in [0.3, 0.4) is 0 Å². The number of aliphatic hydroxyl groups is 1. The van der Waals surface area contributed by atoms with Gasteiger partial charge in [0.15, 0.2) is 0 Å². The summed E-state index contributed by atoms with van der Waals surface area (Å²) in [5.74, 6) is -0.330. The molecule has 0 aliphatic rings. The van der Waals surface area contributed by atoms with Crippen molar-refractivity contribution < 1.29 is 9.50 Å². The number of anilines is 1. The van der Waals surface area contributed by atoms with E-state index in [1.54, 1.807) is 6.07 Å². The van der Waals surface area contributed by atoms with Crippen LogP contribution in [-0.2, 0) is 13.2 Å². The van der Waals surface area contributed by atoms with Crippen LogP contribution in [-0.4, -0.2) is 12.2 Å². The van der Waals surface area contributed by atoms with Gasteiger partial charge in [0.05, 0.1) is 6.61 Å². The topological polar surface area (TPSA) is 23.5 Å². The summed E-state index contributed by atoms with van der Waals surface area (Å²) in [5, 5.41) is 9.30. The number of rotatable bonds is 4. The lowest BCUT2D eigenvalue weighted by molar-refractivity contribution is 0.281. The van der Waals surface area contributed by atoms with E-state index in [0.29, 0.717) is 12.1 Å². The average Bonchev–Trinajstić information content (AvgIpc) is 2.38. The van der Waals surface area contributed by atoms with Crippen LogP contribution in [0.2, 0.25) is 0 Å². The second kappa shape index (κ2) is 6.17. The zero-order chi connectivity index (χ0) is 13.8. The third-order valence-electron chi connectivity index (χ3n) is 2.93. The van der Waals surface area contributed by atoms with E-state index in [1.807, 2.05) is 36.2 Å². The zero-order valence-corrected chi connectivity index (χ0v) is 12.2. The number of hydrogen-bond acceptors (Lipinski definition) is 2. The average molecular weight is 324 g/mol. The van der Waals surface area contributed by atoms with Crippen molar-refractivity contribution in [3.8, 4) is 0 Å². The SMILES string of the molecule is CN(Cc1cccc(Br)c1)c1ccc(F)cc1CO. The van der Waals surface area contributed by atoms with E-state index in [-0.39, 0.29) is 12.4 Å². The molecule has 2 aromatic carbocycles. The monoisotopic (exact) mass is 323 g/mol. The highest BCUT2D eigenvalue weighted by Gasteiger charge is 2.08. The van der Waals surface area contributed by atoms with Crippen LogP contribution in [0.5, 0.6) is 0 Å². The predicted molar refractivity (Wildman–Crippen MR) is 78.6 cm³/mol. The molecule has 0 saturated carbocycles. The van der Waals surface area contributed by atoms with Crippen molar-refractivity contribution in [3.63, 3.8) is 0 Å². The highest BCUT2D eigenvalue weighted by atomic mass is 79.9. The Balaban J connectivity index is 2.22. The second-order valence-electron chi connectivity index (χ2n) is 4.42. The molecular formula is C15H15BrFNO. The summed E-state index contributed by atoms with van der Waals surface area (Å²) in [5.41, 5.74) is 2.58. The molecular weight excluding hydrogens is 309 g/mol. The Morgan fingerprint density at radius 1 is 1.21 bits per heavy atom. The Morgan fingerprint density at radius 2 is 2.00 bits per heavy atom. The van der Waals surface area contributed by atoms with Crippen molar-refractivity contribution >= 4 is 21.6 Å². The molecule has 19 heavy (non-hydrogen) atoms. The molecule has 0 radical (unpaired) electrons. The Kier molecular flexibility index (Phi) is 4.56. The summed E-state index contributed by atoms with van der Waals surface area (Å²) < 4.78 is 14.2. The maximum Gasteiger partial charge on any atom is 0.123 e. The molecule has 2 rings (SSSR count). The van der Waals surface area contributed by atoms with Crippen molar-refractivity contribution in [1.82, 2.24) is 0 Å². The summed E-state index contributed by atoms with van der Waals surface area (Å²) in [6.45, 7) is 0.522. The molecule has 0 amide bonds. The molecule has 0 fully saturated rings. The first kappa shape index (κ1) is 14.0. The van der Waals surface area contributed by atoms with Gasteiger partial charge >= 0.3 is 0 Å². The van der Waals surface area contributed by atoms with Crippen molar-refractivity contribution in [2.24, 2.45) is 0 Å². The largest absolute Gasteiger partial charge is 0.392 e. The first-order chi connectivity index (χ1) is 9.10.